The van der Waals surface area contributed by atoms with E-state index in [2.05, 4.69) is 25.9 Å². The Morgan fingerprint density at radius 3 is 2.96 bits per heavy atom. The molecular formula is C16H17N7O. The van der Waals surface area contributed by atoms with E-state index < -0.39 is 0 Å². The number of fused-ring (bicyclic) bond motifs is 1. The lowest BCUT2D eigenvalue weighted by Gasteiger charge is -2.13. The van der Waals surface area contributed by atoms with E-state index in [9.17, 15) is 4.79 Å². The van der Waals surface area contributed by atoms with E-state index in [1.807, 2.05) is 22.9 Å². The number of hydrogen-bond acceptors (Lipinski definition) is 5. The highest BCUT2D eigenvalue weighted by Gasteiger charge is 2.13. The van der Waals surface area contributed by atoms with Crippen LogP contribution < -0.4 is 10.6 Å². The second kappa shape index (κ2) is 6.25. The first-order chi connectivity index (χ1) is 11.8. The summed E-state index contributed by atoms with van der Waals surface area (Å²) in [5.41, 5.74) is 3.46. The van der Waals surface area contributed by atoms with Crippen molar-refractivity contribution in [1.29, 1.82) is 0 Å². The van der Waals surface area contributed by atoms with Crippen LogP contribution in [0.1, 0.15) is 21.7 Å². The topological polar surface area (TPSA) is 89.7 Å². The maximum absolute atomic E-state index is 12.4. The molecule has 2 aromatic heterocycles. The van der Waals surface area contributed by atoms with Gasteiger partial charge in [-0.2, -0.15) is 5.10 Å². The fraction of sp³-hybridized carbons (Fsp3) is 0.250. The smallest absolute Gasteiger partial charge is 0.251 e. The Morgan fingerprint density at radius 2 is 2.12 bits per heavy atom. The molecule has 0 saturated carbocycles. The van der Waals surface area contributed by atoms with Crippen molar-refractivity contribution in [3.05, 3.63) is 59.9 Å². The lowest BCUT2D eigenvalue weighted by Crippen LogP contribution is -2.28. The summed E-state index contributed by atoms with van der Waals surface area (Å²) in [5, 5.41) is 18.3. The summed E-state index contributed by atoms with van der Waals surface area (Å²) in [6, 6.07) is 9.36. The monoisotopic (exact) mass is 323 g/mol. The van der Waals surface area contributed by atoms with Crippen molar-refractivity contribution in [2.45, 2.75) is 19.6 Å². The summed E-state index contributed by atoms with van der Waals surface area (Å²) >= 11 is 0. The van der Waals surface area contributed by atoms with Crippen LogP contribution in [0.5, 0.6) is 0 Å². The number of nitrogens with one attached hydrogen (secondary N) is 2. The van der Waals surface area contributed by atoms with Gasteiger partial charge in [0.25, 0.3) is 5.91 Å². The van der Waals surface area contributed by atoms with Gasteiger partial charge in [0.15, 0.2) is 0 Å². The number of aromatic nitrogens is 5. The van der Waals surface area contributed by atoms with E-state index >= 15 is 0 Å². The van der Waals surface area contributed by atoms with Crippen molar-refractivity contribution in [2.24, 2.45) is 0 Å². The quantitative estimate of drug-likeness (QED) is 0.730. The van der Waals surface area contributed by atoms with Gasteiger partial charge >= 0.3 is 0 Å². The second-order valence-corrected chi connectivity index (χ2v) is 5.63. The van der Waals surface area contributed by atoms with Gasteiger partial charge in [0, 0.05) is 24.3 Å². The van der Waals surface area contributed by atoms with Crippen molar-refractivity contribution >= 4 is 5.91 Å². The number of benzene rings is 1. The van der Waals surface area contributed by atoms with E-state index in [1.54, 1.807) is 29.4 Å². The predicted molar refractivity (Wildman–Crippen MR) is 86.5 cm³/mol. The van der Waals surface area contributed by atoms with Crippen LogP contribution >= 0.6 is 0 Å². The van der Waals surface area contributed by atoms with Crippen molar-refractivity contribution < 1.29 is 4.79 Å². The second-order valence-electron chi connectivity index (χ2n) is 5.63. The molecule has 1 amide bonds. The third-order valence-electron chi connectivity index (χ3n) is 3.98. The summed E-state index contributed by atoms with van der Waals surface area (Å²) in [7, 11) is 0. The van der Waals surface area contributed by atoms with E-state index in [0.29, 0.717) is 12.1 Å². The van der Waals surface area contributed by atoms with E-state index in [1.165, 1.54) is 0 Å². The first-order valence-electron chi connectivity index (χ1n) is 7.79. The van der Waals surface area contributed by atoms with Crippen molar-refractivity contribution in [2.75, 3.05) is 6.54 Å². The zero-order valence-corrected chi connectivity index (χ0v) is 13.0. The number of nitrogens with zero attached hydrogens (tertiary/aromatic N) is 5. The van der Waals surface area contributed by atoms with E-state index in [-0.39, 0.29) is 5.91 Å². The lowest BCUT2D eigenvalue weighted by atomic mass is 10.2. The SMILES string of the molecule is O=C(NCc1cc2n(n1)CCNC2)c1cccc(-n2cnnc2)c1. The molecule has 8 heteroatoms. The van der Waals surface area contributed by atoms with Gasteiger partial charge in [-0.15, -0.1) is 10.2 Å². The average molecular weight is 323 g/mol. The summed E-state index contributed by atoms with van der Waals surface area (Å²) in [6.45, 7) is 3.03. The first kappa shape index (κ1) is 14.6. The molecule has 0 aliphatic carbocycles. The van der Waals surface area contributed by atoms with Gasteiger partial charge in [-0.1, -0.05) is 6.07 Å². The average Bonchev–Trinajstić information content (AvgIpc) is 3.29. The molecule has 1 aliphatic heterocycles. The molecule has 1 aromatic carbocycles. The number of amides is 1. The molecule has 3 aromatic rings. The molecule has 122 valence electrons. The molecule has 2 N–H and O–H groups in total. The largest absolute Gasteiger partial charge is 0.346 e. The molecule has 8 nitrogen and oxygen atoms in total. The number of hydrogen-bond donors (Lipinski definition) is 2. The molecule has 4 rings (SSSR count). The van der Waals surface area contributed by atoms with Crippen LogP contribution in [0.3, 0.4) is 0 Å². The van der Waals surface area contributed by atoms with Gasteiger partial charge in [0.1, 0.15) is 12.7 Å². The molecule has 0 unspecified atom stereocenters. The normalized spacial score (nSPS) is 13.5. The molecular weight excluding hydrogens is 306 g/mol. The molecule has 0 atom stereocenters. The van der Waals surface area contributed by atoms with Crippen molar-refractivity contribution in [3.63, 3.8) is 0 Å². The lowest BCUT2D eigenvalue weighted by molar-refractivity contribution is 0.0950. The molecule has 3 heterocycles. The van der Waals surface area contributed by atoms with Gasteiger partial charge < -0.3 is 10.6 Å². The zero-order chi connectivity index (χ0) is 16.4. The van der Waals surface area contributed by atoms with Gasteiger partial charge in [0.05, 0.1) is 24.5 Å². The third-order valence-corrected chi connectivity index (χ3v) is 3.98. The maximum atomic E-state index is 12.4. The Kier molecular flexibility index (Phi) is 3.80. The van der Waals surface area contributed by atoms with Crippen LogP contribution in [0.4, 0.5) is 0 Å². The van der Waals surface area contributed by atoms with Crippen LogP contribution in [0.2, 0.25) is 0 Å². The van der Waals surface area contributed by atoms with Crippen LogP contribution in [0, 0.1) is 0 Å². The van der Waals surface area contributed by atoms with Crippen LogP contribution in [0.15, 0.2) is 43.0 Å². The summed E-state index contributed by atoms with van der Waals surface area (Å²) in [6.07, 6.45) is 3.20. The minimum absolute atomic E-state index is 0.131. The Labute approximate surface area is 138 Å². The molecule has 1 aliphatic rings. The molecule has 0 bridgehead atoms. The highest BCUT2D eigenvalue weighted by molar-refractivity contribution is 5.94. The summed E-state index contributed by atoms with van der Waals surface area (Å²) in [4.78, 5) is 12.4. The highest BCUT2D eigenvalue weighted by atomic mass is 16.1. The van der Waals surface area contributed by atoms with Gasteiger partial charge in [-0.05, 0) is 24.3 Å². The van der Waals surface area contributed by atoms with Crippen LogP contribution in [-0.2, 0) is 19.6 Å². The minimum atomic E-state index is -0.131. The van der Waals surface area contributed by atoms with E-state index in [0.717, 1.165) is 36.7 Å². The number of carbonyl (C=O) groups excluding carboxylic acids is 1. The Morgan fingerprint density at radius 1 is 1.25 bits per heavy atom. The van der Waals surface area contributed by atoms with Crippen LogP contribution in [-0.4, -0.2) is 37.0 Å². The van der Waals surface area contributed by atoms with Crippen molar-refractivity contribution in [3.8, 4) is 5.69 Å². The Bertz CT molecular complexity index is 830. The van der Waals surface area contributed by atoms with Gasteiger partial charge in [-0.3, -0.25) is 14.0 Å². The standard InChI is InChI=1S/C16H17N7O/c24-16(12-2-1-3-14(6-12)22-10-19-20-11-22)18-8-13-7-15-9-17-4-5-23(15)21-13/h1-3,6-7,10-11,17H,4-5,8-9H2,(H,18,24). The number of rotatable bonds is 4. The van der Waals surface area contributed by atoms with Gasteiger partial charge in [-0.25, -0.2) is 0 Å². The summed E-state index contributed by atoms with van der Waals surface area (Å²) in [5.74, 6) is -0.131. The Hall–Kier alpha value is -3.00. The fourth-order valence-corrected chi connectivity index (χ4v) is 2.75. The van der Waals surface area contributed by atoms with Crippen LogP contribution in [0.25, 0.3) is 5.69 Å². The van der Waals surface area contributed by atoms with E-state index in [4.69, 9.17) is 0 Å². The molecule has 24 heavy (non-hydrogen) atoms. The highest BCUT2D eigenvalue weighted by Crippen LogP contribution is 2.11. The Balaban J connectivity index is 1.44. The maximum Gasteiger partial charge on any atom is 0.251 e. The predicted octanol–water partition coefficient (Wildman–Crippen LogP) is 0.497. The molecule has 0 fully saturated rings. The first-order valence-corrected chi connectivity index (χ1v) is 7.79. The van der Waals surface area contributed by atoms with Gasteiger partial charge in [0.2, 0.25) is 0 Å². The fourth-order valence-electron chi connectivity index (χ4n) is 2.75. The molecule has 0 radical (unpaired) electrons. The third kappa shape index (κ3) is 2.91. The van der Waals surface area contributed by atoms with Crippen molar-refractivity contribution in [1.82, 2.24) is 35.2 Å². The minimum Gasteiger partial charge on any atom is -0.346 e. The summed E-state index contributed by atoms with van der Waals surface area (Å²) < 4.78 is 3.75. The number of carbonyl (C=O) groups is 1. The molecule has 0 saturated heterocycles. The zero-order valence-electron chi connectivity index (χ0n) is 13.0. The molecule has 0 spiro atoms.